The largest absolute Gasteiger partial charge is 0.388 e. The summed E-state index contributed by atoms with van der Waals surface area (Å²) in [5.74, 6) is 0. The second kappa shape index (κ2) is 5.03. The molecule has 2 aliphatic rings. The van der Waals surface area contributed by atoms with Crippen LogP contribution >= 0.6 is 0 Å². The smallest absolute Gasteiger partial charge is 0.0826 e. The van der Waals surface area contributed by atoms with Gasteiger partial charge in [-0.05, 0) is 52.2 Å². The van der Waals surface area contributed by atoms with Crippen LogP contribution in [0.1, 0.15) is 39.0 Å². The number of rotatable bonds is 3. The molecule has 3 heteroatoms. The minimum atomic E-state index is -0.407. The van der Waals surface area contributed by atoms with Crippen LogP contribution in [0.3, 0.4) is 0 Å². The Kier molecular flexibility index (Phi) is 3.88. The molecule has 0 spiro atoms. The van der Waals surface area contributed by atoms with E-state index in [4.69, 9.17) is 0 Å². The third kappa shape index (κ3) is 2.41. The maximum Gasteiger partial charge on any atom is 0.0826 e. The highest BCUT2D eigenvalue weighted by atomic mass is 16.3. The maximum atomic E-state index is 10.8. The third-order valence-corrected chi connectivity index (χ3v) is 4.40. The van der Waals surface area contributed by atoms with Crippen molar-refractivity contribution < 1.29 is 5.11 Å². The van der Waals surface area contributed by atoms with Gasteiger partial charge in [0.15, 0.2) is 0 Å². The van der Waals surface area contributed by atoms with Crippen molar-refractivity contribution in [2.75, 3.05) is 33.2 Å². The highest BCUT2D eigenvalue weighted by Crippen LogP contribution is 2.33. The van der Waals surface area contributed by atoms with E-state index in [0.717, 1.165) is 32.5 Å². The number of likely N-dealkylation sites (N-methyl/N-ethyl adjacent to an activating group) is 1. The second-order valence-corrected chi connectivity index (χ2v) is 5.58. The minimum Gasteiger partial charge on any atom is -0.388 e. The van der Waals surface area contributed by atoms with Crippen LogP contribution < -0.4 is 0 Å². The summed E-state index contributed by atoms with van der Waals surface area (Å²) >= 11 is 0. The Hall–Kier alpha value is -0.120. The molecule has 94 valence electrons. The van der Waals surface area contributed by atoms with E-state index in [9.17, 15) is 5.11 Å². The van der Waals surface area contributed by atoms with Crippen molar-refractivity contribution in [2.24, 2.45) is 0 Å². The normalized spacial score (nSPS) is 32.1. The molecule has 2 saturated heterocycles. The van der Waals surface area contributed by atoms with Crippen molar-refractivity contribution in [1.82, 2.24) is 9.80 Å². The third-order valence-electron chi connectivity index (χ3n) is 4.40. The van der Waals surface area contributed by atoms with Gasteiger partial charge < -0.3 is 14.9 Å². The predicted molar refractivity (Wildman–Crippen MR) is 66.6 cm³/mol. The molecule has 1 N–H and O–H groups in total. The van der Waals surface area contributed by atoms with Crippen molar-refractivity contribution in [1.29, 1.82) is 0 Å². The average molecular weight is 226 g/mol. The van der Waals surface area contributed by atoms with Crippen LogP contribution in [0.15, 0.2) is 0 Å². The number of piperidine rings is 1. The average Bonchev–Trinajstić information content (AvgIpc) is 2.69. The molecule has 2 heterocycles. The first-order chi connectivity index (χ1) is 7.65. The molecule has 0 saturated carbocycles. The summed E-state index contributed by atoms with van der Waals surface area (Å²) in [5.41, 5.74) is -0.407. The summed E-state index contributed by atoms with van der Waals surface area (Å²) in [7, 11) is 2.16. The lowest BCUT2D eigenvalue weighted by Crippen LogP contribution is -2.54. The lowest BCUT2D eigenvalue weighted by atomic mass is 9.83. The lowest BCUT2D eigenvalue weighted by Gasteiger charge is -2.44. The number of nitrogens with zero attached hydrogens (tertiary/aromatic N) is 2. The predicted octanol–water partition coefficient (Wildman–Crippen LogP) is 1.32. The Morgan fingerprint density at radius 1 is 1.25 bits per heavy atom. The van der Waals surface area contributed by atoms with Crippen LogP contribution in [0.5, 0.6) is 0 Å². The number of hydrogen-bond donors (Lipinski definition) is 1. The van der Waals surface area contributed by atoms with Gasteiger partial charge in [0.25, 0.3) is 0 Å². The van der Waals surface area contributed by atoms with Gasteiger partial charge in [0, 0.05) is 19.1 Å². The molecule has 0 aromatic carbocycles. The molecule has 2 fully saturated rings. The van der Waals surface area contributed by atoms with Gasteiger partial charge in [-0.1, -0.05) is 6.92 Å². The highest BCUT2D eigenvalue weighted by Gasteiger charge is 2.42. The molecular formula is C13H26N2O. The van der Waals surface area contributed by atoms with Gasteiger partial charge in [0.2, 0.25) is 0 Å². The first kappa shape index (κ1) is 12.3. The number of likely N-dealkylation sites (tertiary alicyclic amines) is 2. The molecular weight excluding hydrogens is 200 g/mol. The van der Waals surface area contributed by atoms with Crippen LogP contribution in [0.2, 0.25) is 0 Å². The summed E-state index contributed by atoms with van der Waals surface area (Å²) in [5, 5.41) is 10.8. The molecule has 16 heavy (non-hydrogen) atoms. The summed E-state index contributed by atoms with van der Waals surface area (Å²) in [6, 6.07) is 0.413. The molecule has 2 aliphatic heterocycles. The molecule has 0 radical (unpaired) electrons. The fourth-order valence-corrected chi connectivity index (χ4v) is 3.40. The van der Waals surface area contributed by atoms with Crippen molar-refractivity contribution in [3.05, 3.63) is 0 Å². The van der Waals surface area contributed by atoms with E-state index in [1.54, 1.807) is 0 Å². The Morgan fingerprint density at radius 2 is 1.94 bits per heavy atom. The standard InChI is InChI=1S/C13H26N2O/c1-3-8-15-10-6-13(16,7-11-15)12-5-4-9-14(12)2/h12,16H,3-11H2,1-2H3. The molecule has 0 bridgehead atoms. The summed E-state index contributed by atoms with van der Waals surface area (Å²) in [6.45, 7) is 6.73. The van der Waals surface area contributed by atoms with E-state index in [1.165, 1.54) is 25.8 Å². The zero-order valence-corrected chi connectivity index (χ0v) is 10.8. The Labute approximate surface area is 99.4 Å². The van der Waals surface area contributed by atoms with E-state index in [1.807, 2.05) is 0 Å². The summed E-state index contributed by atoms with van der Waals surface area (Å²) in [4.78, 5) is 4.85. The Balaban J connectivity index is 1.90. The monoisotopic (exact) mass is 226 g/mol. The van der Waals surface area contributed by atoms with E-state index < -0.39 is 5.60 Å². The molecule has 0 aliphatic carbocycles. The quantitative estimate of drug-likeness (QED) is 0.786. The van der Waals surface area contributed by atoms with Crippen molar-refractivity contribution in [2.45, 2.75) is 50.7 Å². The van der Waals surface area contributed by atoms with E-state index in [2.05, 4.69) is 23.8 Å². The van der Waals surface area contributed by atoms with Crippen molar-refractivity contribution in [3.63, 3.8) is 0 Å². The first-order valence-corrected chi connectivity index (χ1v) is 6.81. The summed E-state index contributed by atoms with van der Waals surface area (Å²) in [6.07, 6.45) is 5.58. The SMILES string of the molecule is CCCN1CCC(O)(C2CCCN2C)CC1. The topological polar surface area (TPSA) is 26.7 Å². The molecule has 2 rings (SSSR count). The van der Waals surface area contributed by atoms with E-state index in [0.29, 0.717) is 6.04 Å². The highest BCUT2D eigenvalue weighted by molar-refractivity contribution is 4.98. The van der Waals surface area contributed by atoms with Gasteiger partial charge in [0.05, 0.1) is 5.60 Å². The van der Waals surface area contributed by atoms with Crippen LogP contribution in [0.4, 0.5) is 0 Å². The van der Waals surface area contributed by atoms with Gasteiger partial charge in [-0.3, -0.25) is 0 Å². The fraction of sp³-hybridized carbons (Fsp3) is 1.00. The van der Waals surface area contributed by atoms with Crippen LogP contribution in [-0.2, 0) is 0 Å². The van der Waals surface area contributed by atoms with Crippen molar-refractivity contribution >= 4 is 0 Å². The zero-order chi connectivity index (χ0) is 11.6. The van der Waals surface area contributed by atoms with Crippen LogP contribution in [0.25, 0.3) is 0 Å². The first-order valence-electron chi connectivity index (χ1n) is 6.81. The van der Waals surface area contributed by atoms with E-state index in [-0.39, 0.29) is 0 Å². The Bertz CT molecular complexity index is 224. The van der Waals surface area contributed by atoms with Gasteiger partial charge >= 0.3 is 0 Å². The molecule has 1 unspecified atom stereocenters. The Morgan fingerprint density at radius 3 is 2.44 bits per heavy atom. The molecule has 1 atom stereocenters. The van der Waals surface area contributed by atoms with Gasteiger partial charge in [-0.15, -0.1) is 0 Å². The molecule has 0 amide bonds. The van der Waals surface area contributed by atoms with Gasteiger partial charge in [0.1, 0.15) is 0 Å². The minimum absolute atomic E-state index is 0.407. The van der Waals surface area contributed by atoms with Crippen LogP contribution in [-0.4, -0.2) is 59.8 Å². The fourth-order valence-electron chi connectivity index (χ4n) is 3.40. The molecule has 0 aromatic heterocycles. The zero-order valence-electron chi connectivity index (χ0n) is 10.8. The van der Waals surface area contributed by atoms with Crippen molar-refractivity contribution in [3.8, 4) is 0 Å². The second-order valence-electron chi connectivity index (χ2n) is 5.58. The maximum absolute atomic E-state index is 10.8. The van der Waals surface area contributed by atoms with Gasteiger partial charge in [-0.2, -0.15) is 0 Å². The summed E-state index contributed by atoms with van der Waals surface area (Å²) < 4.78 is 0. The van der Waals surface area contributed by atoms with Gasteiger partial charge in [-0.25, -0.2) is 0 Å². The van der Waals surface area contributed by atoms with E-state index >= 15 is 0 Å². The lowest BCUT2D eigenvalue weighted by molar-refractivity contribution is -0.0705. The van der Waals surface area contributed by atoms with Crippen LogP contribution in [0, 0.1) is 0 Å². The molecule has 3 nitrogen and oxygen atoms in total. The molecule has 0 aromatic rings. The number of aliphatic hydroxyl groups is 1. The number of hydrogen-bond acceptors (Lipinski definition) is 3.